The molecule has 4 aromatic rings. The molecular weight excluding hydrogens is 496 g/mol. The molecule has 2 aromatic heterocycles. The third kappa shape index (κ3) is 5.30. The molecule has 0 aliphatic heterocycles. The fourth-order valence-electron chi connectivity index (χ4n) is 2.95. The van der Waals surface area contributed by atoms with Crippen LogP contribution in [0.1, 0.15) is 21.7 Å². The molecule has 4 rings (SSSR count). The van der Waals surface area contributed by atoms with Crippen LogP contribution in [0.15, 0.2) is 75.5 Å². The van der Waals surface area contributed by atoms with Crippen molar-refractivity contribution < 1.29 is 22.4 Å². The van der Waals surface area contributed by atoms with E-state index in [-0.39, 0.29) is 11.3 Å². The molecule has 0 radical (unpaired) electrons. The quantitative estimate of drug-likeness (QED) is 0.275. The summed E-state index contributed by atoms with van der Waals surface area (Å²) in [6, 6.07) is 14.8. The average molecular weight is 509 g/mol. The second-order valence-electron chi connectivity index (χ2n) is 6.73. The van der Waals surface area contributed by atoms with Crippen molar-refractivity contribution in [3.05, 3.63) is 93.0 Å². The topological polar surface area (TPSA) is 54.6 Å². The number of anilines is 1. The van der Waals surface area contributed by atoms with Crippen molar-refractivity contribution in [1.82, 2.24) is 0 Å². The molecule has 33 heavy (non-hydrogen) atoms. The molecule has 1 N–H and O–H groups in total. The first-order valence-electron chi connectivity index (χ1n) is 9.37. The lowest BCUT2D eigenvalue weighted by Crippen LogP contribution is -2.16. The molecule has 0 saturated carbocycles. The van der Waals surface area contributed by atoms with Gasteiger partial charge in [0.05, 0.1) is 33.1 Å². The molecule has 0 aliphatic carbocycles. The predicted molar refractivity (Wildman–Crippen MR) is 125 cm³/mol. The summed E-state index contributed by atoms with van der Waals surface area (Å²) < 4.78 is 45.3. The predicted octanol–water partition coefficient (Wildman–Crippen LogP) is 8.34. The van der Waals surface area contributed by atoms with E-state index in [1.54, 1.807) is 35.7 Å². The van der Waals surface area contributed by atoms with E-state index in [1.807, 2.05) is 0 Å². The molecule has 0 saturated heterocycles. The molecular formula is C23H13Cl2F3N2O2S. The van der Waals surface area contributed by atoms with Gasteiger partial charge in [-0.2, -0.15) is 13.2 Å². The van der Waals surface area contributed by atoms with E-state index >= 15 is 0 Å². The minimum atomic E-state index is -4.59. The Morgan fingerprint density at radius 1 is 1.03 bits per heavy atom. The van der Waals surface area contributed by atoms with Gasteiger partial charge < -0.3 is 9.73 Å². The Morgan fingerprint density at radius 3 is 2.58 bits per heavy atom. The van der Waals surface area contributed by atoms with E-state index < -0.39 is 17.6 Å². The number of thiophene rings is 1. The summed E-state index contributed by atoms with van der Waals surface area (Å²) in [5, 5.41) is 5.09. The Balaban J connectivity index is 1.52. The SMILES string of the molecule is O=C(Nc1ccccc1C(F)(F)F)c1ccsc1/N=C/c1ccc(-c2ccc(Cl)c(Cl)c2)o1. The van der Waals surface area contributed by atoms with Crippen molar-refractivity contribution in [1.29, 1.82) is 0 Å². The second-order valence-corrected chi connectivity index (χ2v) is 8.43. The Kier molecular flexibility index (Phi) is 6.60. The average Bonchev–Trinajstić information content (AvgIpc) is 3.43. The van der Waals surface area contributed by atoms with Crippen LogP contribution in [0.3, 0.4) is 0 Å². The monoisotopic (exact) mass is 508 g/mol. The summed E-state index contributed by atoms with van der Waals surface area (Å²) in [7, 11) is 0. The molecule has 168 valence electrons. The van der Waals surface area contributed by atoms with E-state index in [0.717, 1.165) is 11.6 Å². The smallest absolute Gasteiger partial charge is 0.418 e. The summed E-state index contributed by atoms with van der Waals surface area (Å²) >= 11 is 13.1. The highest BCUT2D eigenvalue weighted by Crippen LogP contribution is 2.36. The first-order valence-corrected chi connectivity index (χ1v) is 11.0. The minimum absolute atomic E-state index is 0.143. The van der Waals surface area contributed by atoms with Gasteiger partial charge >= 0.3 is 6.18 Å². The van der Waals surface area contributed by atoms with Crippen LogP contribution >= 0.6 is 34.5 Å². The van der Waals surface area contributed by atoms with Crippen LogP contribution < -0.4 is 5.32 Å². The van der Waals surface area contributed by atoms with Crippen LogP contribution in [0, 0.1) is 0 Å². The molecule has 0 spiro atoms. The lowest BCUT2D eigenvalue weighted by molar-refractivity contribution is -0.136. The first-order chi connectivity index (χ1) is 15.7. The number of nitrogens with one attached hydrogen (secondary N) is 1. The van der Waals surface area contributed by atoms with E-state index in [9.17, 15) is 18.0 Å². The largest absolute Gasteiger partial charge is 0.455 e. The summed E-state index contributed by atoms with van der Waals surface area (Å²) in [6.07, 6.45) is -3.17. The van der Waals surface area contributed by atoms with Crippen LogP contribution in [0.2, 0.25) is 10.0 Å². The number of aliphatic imine (C=N–C) groups is 1. The Labute approximate surface area is 200 Å². The fraction of sp³-hybridized carbons (Fsp3) is 0.0435. The van der Waals surface area contributed by atoms with Gasteiger partial charge in [0.2, 0.25) is 0 Å². The van der Waals surface area contributed by atoms with E-state index in [2.05, 4.69) is 10.3 Å². The Morgan fingerprint density at radius 2 is 1.82 bits per heavy atom. The molecule has 2 aromatic carbocycles. The number of carbonyl (C=O) groups is 1. The van der Waals surface area contributed by atoms with Crippen molar-refractivity contribution in [3.8, 4) is 11.3 Å². The highest BCUT2D eigenvalue weighted by molar-refractivity contribution is 7.14. The second kappa shape index (κ2) is 9.43. The maximum absolute atomic E-state index is 13.2. The van der Waals surface area contributed by atoms with Crippen molar-refractivity contribution >= 4 is 57.3 Å². The zero-order chi connectivity index (χ0) is 23.6. The van der Waals surface area contributed by atoms with Gasteiger partial charge in [-0.25, -0.2) is 4.99 Å². The molecule has 0 aliphatic rings. The van der Waals surface area contributed by atoms with Crippen molar-refractivity contribution in [2.75, 3.05) is 5.32 Å². The van der Waals surface area contributed by atoms with Crippen LogP contribution in [-0.4, -0.2) is 12.1 Å². The standard InChI is InChI=1S/C23H13Cl2F3N2O2S/c24-17-7-5-13(11-18(17)25)20-8-6-14(32-20)12-29-22-15(9-10-33-22)21(31)30-19-4-2-1-3-16(19)23(26,27)28/h1-12H,(H,30,31)/b29-12+. The van der Waals surface area contributed by atoms with Crippen LogP contribution in [0.5, 0.6) is 0 Å². The van der Waals surface area contributed by atoms with Crippen molar-refractivity contribution in [2.45, 2.75) is 6.18 Å². The Bertz CT molecular complexity index is 1350. The van der Waals surface area contributed by atoms with E-state index in [1.165, 1.54) is 41.8 Å². The maximum Gasteiger partial charge on any atom is 0.418 e. The number of rotatable bonds is 5. The third-order valence-electron chi connectivity index (χ3n) is 4.51. The van der Waals surface area contributed by atoms with Crippen LogP contribution in [0.25, 0.3) is 11.3 Å². The minimum Gasteiger partial charge on any atom is -0.455 e. The molecule has 0 atom stereocenters. The molecule has 0 unspecified atom stereocenters. The highest BCUT2D eigenvalue weighted by Gasteiger charge is 2.33. The Hall–Kier alpha value is -3.07. The van der Waals surface area contributed by atoms with E-state index in [4.69, 9.17) is 27.6 Å². The number of benzene rings is 2. The fourth-order valence-corrected chi connectivity index (χ4v) is 3.98. The number of amides is 1. The molecule has 1 amide bonds. The number of hydrogen-bond acceptors (Lipinski definition) is 4. The number of hydrogen-bond donors (Lipinski definition) is 1. The number of halogens is 5. The molecule has 4 nitrogen and oxygen atoms in total. The lowest BCUT2D eigenvalue weighted by atomic mass is 10.1. The third-order valence-corrected chi connectivity index (χ3v) is 6.07. The normalized spacial score (nSPS) is 11.8. The molecule has 0 bridgehead atoms. The van der Waals surface area contributed by atoms with Gasteiger partial charge in [0.15, 0.2) is 0 Å². The van der Waals surface area contributed by atoms with Gasteiger partial charge in [0, 0.05) is 5.56 Å². The maximum atomic E-state index is 13.2. The number of furan rings is 1. The van der Waals surface area contributed by atoms with Gasteiger partial charge in [-0.3, -0.25) is 4.79 Å². The highest BCUT2D eigenvalue weighted by atomic mass is 35.5. The number of carbonyl (C=O) groups excluding carboxylic acids is 1. The first kappa shape index (κ1) is 23.1. The summed E-state index contributed by atoms with van der Waals surface area (Å²) in [4.78, 5) is 16.9. The van der Waals surface area contributed by atoms with Crippen LogP contribution in [-0.2, 0) is 6.18 Å². The van der Waals surface area contributed by atoms with E-state index in [0.29, 0.717) is 26.6 Å². The molecule has 0 fully saturated rings. The lowest BCUT2D eigenvalue weighted by Gasteiger charge is -2.13. The van der Waals surface area contributed by atoms with Crippen molar-refractivity contribution in [2.24, 2.45) is 4.99 Å². The zero-order valence-corrected chi connectivity index (χ0v) is 18.8. The van der Waals surface area contributed by atoms with Gasteiger partial charge in [-0.1, -0.05) is 35.3 Å². The number of nitrogens with zero attached hydrogens (tertiary/aromatic N) is 1. The van der Waals surface area contributed by atoms with Gasteiger partial charge in [-0.05, 0) is 53.9 Å². The summed E-state index contributed by atoms with van der Waals surface area (Å²) in [6.45, 7) is 0. The molecule has 2 heterocycles. The van der Waals surface area contributed by atoms with Gasteiger partial charge in [0.25, 0.3) is 5.91 Å². The van der Waals surface area contributed by atoms with Crippen molar-refractivity contribution in [3.63, 3.8) is 0 Å². The van der Waals surface area contributed by atoms with Gasteiger partial charge in [0.1, 0.15) is 16.5 Å². The zero-order valence-electron chi connectivity index (χ0n) is 16.5. The van der Waals surface area contributed by atoms with Gasteiger partial charge in [-0.15, -0.1) is 11.3 Å². The number of alkyl halides is 3. The number of para-hydroxylation sites is 1. The molecule has 10 heteroatoms. The summed E-state index contributed by atoms with van der Waals surface area (Å²) in [5.41, 5.74) is -0.384. The van der Waals surface area contributed by atoms with Crippen LogP contribution in [0.4, 0.5) is 23.9 Å². The summed E-state index contributed by atoms with van der Waals surface area (Å²) in [5.74, 6) is 0.261.